The van der Waals surface area contributed by atoms with Gasteiger partial charge in [-0.05, 0) is 51.9 Å². The molecule has 3 rings (SSSR count). The second-order valence-corrected chi connectivity index (χ2v) is 7.80. The van der Waals surface area contributed by atoms with Crippen LogP contribution in [-0.2, 0) is 0 Å². The molecule has 1 unspecified atom stereocenters. The maximum absolute atomic E-state index is 12.2. The third kappa shape index (κ3) is 6.04. The van der Waals surface area contributed by atoms with E-state index < -0.39 is 0 Å². The van der Waals surface area contributed by atoms with Crippen LogP contribution in [0, 0.1) is 6.92 Å². The van der Waals surface area contributed by atoms with E-state index >= 15 is 0 Å². The summed E-state index contributed by atoms with van der Waals surface area (Å²) in [6, 6.07) is 4.10. The minimum absolute atomic E-state index is 0.0827. The highest BCUT2D eigenvalue weighted by atomic mass is 32.1. The molecule has 0 bridgehead atoms. The van der Waals surface area contributed by atoms with Crippen LogP contribution in [0.3, 0.4) is 0 Å². The smallest absolute Gasteiger partial charge is 0.263 e. The van der Waals surface area contributed by atoms with Crippen molar-refractivity contribution >= 4 is 23.2 Å². The van der Waals surface area contributed by atoms with E-state index in [1.807, 2.05) is 26.0 Å². The Morgan fingerprint density at radius 2 is 2.10 bits per heavy atom. The number of thiazole rings is 1. The van der Waals surface area contributed by atoms with Gasteiger partial charge in [-0.3, -0.25) is 14.7 Å². The van der Waals surface area contributed by atoms with Crippen LogP contribution in [0.2, 0.25) is 0 Å². The van der Waals surface area contributed by atoms with Crippen molar-refractivity contribution in [1.29, 1.82) is 0 Å². The Hall–Kier alpha value is -2.39. The average Bonchev–Trinajstić information content (AvgIpc) is 3.48. The maximum Gasteiger partial charge on any atom is 0.263 e. The van der Waals surface area contributed by atoms with E-state index in [2.05, 4.69) is 25.8 Å². The summed E-state index contributed by atoms with van der Waals surface area (Å²) in [5, 5.41) is 9.48. The van der Waals surface area contributed by atoms with Gasteiger partial charge in [0.1, 0.15) is 10.6 Å². The maximum atomic E-state index is 12.2. The Kier molecular flexibility index (Phi) is 8.06. The van der Waals surface area contributed by atoms with Gasteiger partial charge >= 0.3 is 0 Å². The minimum atomic E-state index is -0.0827. The molecule has 2 aromatic heterocycles. The lowest BCUT2D eigenvalue weighted by Gasteiger charge is -2.24. The Bertz CT molecular complexity index is 783. The van der Waals surface area contributed by atoms with Gasteiger partial charge in [-0.2, -0.15) is 0 Å². The van der Waals surface area contributed by atoms with Gasteiger partial charge in [0.25, 0.3) is 5.91 Å². The van der Waals surface area contributed by atoms with Gasteiger partial charge in [0.05, 0.1) is 30.1 Å². The highest BCUT2D eigenvalue weighted by molar-refractivity contribution is 7.11. The molecule has 8 nitrogen and oxygen atoms in total. The highest BCUT2D eigenvalue weighted by Gasteiger charge is 2.25. The van der Waals surface area contributed by atoms with Crippen molar-refractivity contribution < 1.29 is 9.21 Å². The van der Waals surface area contributed by atoms with E-state index in [-0.39, 0.29) is 11.9 Å². The fraction of sp³-hybridized carbons (Fsp3) is 0.550. The summed E-state index contributed by atoms with van der Waals surface area (Å²) in [6.45, 7) is 8.52. The molecule has 1 saturated heterocycles. The van der Waals surface area contributed by atoms with Crippen LogP contribution >= 0.6 is 11.3 Å². The normalized spacial score (nSPS) is 16.0. The first-order valence-corrected chi connectivity index (χ1v) is 11.0. The summed E-state index contributed by atoms with van der Waals surface area (Å²) >= 11 is 1.36. The molecule has 1 fully saturated rings. The van der Waals surface area contributed by atoms with Crippen LogP contribution in [0.5, 0.6) is 0 Å². The number of furan rings is 1. The number of nitrogens with one attached hydrogen (secondary N) is 3. The third-order valence-electron chi connectivity index (χ3n) is 4.87. The molecule has 3 heterocycles. The molecule has 158 valence electrons. The first kappa shape index (κ1) is 21.3. The monoisotopic (exact) mass is 418 g/mol. The van der Waals surface area contributed by atoms with Gasteiger partial charge in [0.2, 0.25) is 0 Å². The van der Waals surface area contributed by atoms with E-state index in [1.54, 1.807) is 11.8 Å². The molecule has 1 aliphatic rings. The Morgan fingerprint density at radius 3 is 2.76 bits per heavy atom. The fourth-order valence-electron chi connectivity index (χ4n) is 3.40. The second kappa shape index (κ2) is 11.0. The lowest BCUT2D eigenvalue weighted by Crippen LogP contribution is -2.42. The molecule has 0 spiro atoms. The van der Waals surface area contributed by atoms with Crippen LogP contribution < -0.4 is 16.0 Å². The molecule has 1 aliphatic heterocycles. The predicted octanol–water partition coefficient (Wildman–Crippen LogP) is 2.17. The van der Waals surface area contributed by atoms with E-state index in [9.17, 15) is 4.79 Å². The minimum Gasteiger partial charge on any atom is -0.468 e. The molecule has 29 heavy (non-hydrogen) atoms. The number of aromatic nitrogens is 1. The van der Waals surface area contributed by atoms with E-state index in [0.29, 0.717) is 24.5 Å². The number of carbonyl (C=O) groups is 1. The number of likely N-dealkylation sites (tertiary alicyclic amines) is 1. The van der Waals surface area contributed by atoms with Gasteiger partial charge < -0.3 is 20.4 Å². The zero-order valence-electron chi connectivity index (χ0n) is 17.1. The topological polar surface area (TPSA) is 94.8 Å². The van der Waals surface area contributed by atoms with Crippen molar-refractivity contribution in [3.8, 4) is 0 Å². The summed E-state index contributed by atoms with van der Waals surface area (Å²) < 4.78 is 5.67. The van der Waals surface area contributed by atoms with Crippen LogP contribution in [0.4, 0.5) is 0 Å². The number of hydrogen-bond donors (Lipinski definition) is 3. The van der Waals surface area contributed by atoms with E-state index in [4.69, 9.17) is 9.41 Å². The van der Waals surface area contributed by atoms with Crippen LogP contribution in [0.25, 0.3) is 0 Å². The lowest BCUT2D eigenvalue weighted by atomic mass is 10.2. The van der Waals surface area contributed by atoms with Gasteiger partial charge in [0, 0.05) is 19.6 Å². The zero-order chi connectivity index (χ0) is 20.5. The molecule has 0 aromatic carbocycles. The fourth-order valence-corrected chi connectivity index (χ4v) is 4.11. The molecule has 0 radical (unpaired) electrons. The average molecular weight is 419 g/mol. The number of hydrogen-bond acceptors (Lipinski definition) is 6. The highest BCUT2D eigenvalue weighted by Crippen LogP contribution is 2.25. The quantitative estimate of drug-likeness (QED) is 0.328. The van der Waals surface area contributed by atoms with Crippen LogP contribution in [0.15, 0.2) is 33.3 Å². The Balaban J connectivity index is 1.51. The summed E-state index contributed by atoms with van der Waals surface area (Å²) in [7, 11) is 0. The number of aliphatic imine (C=N–C) groups is 1. The second-order valence-electron chi connectivity index (χ2n) is 6.94. The third-order valence-corrected chi connectivity index (χ3v) is 5.80. The van der Waals surface area contributed by atoms with Crippen molar-refractivity contribution in [2.24, 2.45) is 4.99 Å². The first-order valence-electron chi connectivity index (χ1n) is 10.2. The SMILES string of the molecule is CCNC(=NCC(c1ccco1)N1CCCC1)NCCNC(=O)c1scnc1C. The molecular weight excluding hydrogens is 388 g/mol. The Morgan fingerprint density at radius 1 is 1.31 bits per heavy atom. The number of carbonyl (C=O) groups excluding carboxylic acids is 1. The molecule has 3 N–H and O–H groups in total. The molecule has 9 heteroatoms. The molecule has 0 aliphatic carbocycles. The van der Waals surface area contributed by atoms with Crippen LogP contribution in [-0.4, -0.2) is 61.0 Å². The molecular formula is C20H30N6O2S. The van der Waals surface area contributed by atoms with Crippen molar-refractivity contribution in [2.45, 2.75) is 32.7 Å². The molecule has 1 atom stereocenters. The largest absolute Gasteiger partial charge is 0.468 e. The summed E-state index contributed by atoms with van der Waals surface area (Å²) in [4.78, 5) is 24.1. The lowest BCUT2D eigenvalue weighted by molar-refractivity contribution is 0.0957. The van der Waals surface area contributed by atoms with E-state index in [1.165, 1.54) is 24.2 Å². The Labute approximate surface area is 175 Å². The summed E-state index contributed by atoms with van der Waals surface area (Å²) in [6.07, 6.45) is 4.16. The van der Waals surface area contributed by atoms with Crippen LogP contribution in [0.1, 0.15) is 46.9 Å². The summed E-state index contributed by atoms with van der Waals surface area (Å²) in [5.74, 6) is 1.62. The van der Waals surface area contributed by atoms with Crippen molar-refractivity contribution in [3.63, 3.8) is 0 Å². The van der Waals surface area contributed by atoms with Gasteiger partial charge in [-0.15, -0.1) is 11.3 Å². The molecule has 1 amide bonds. The van der Waals surface area contributed by atoms with Gasteiger partial charge in [-0.1, -0.05) is 0 Å². The predicted molar refractivity (Wildman–Crippen MR) is 115 cm³/mol. The van der Waals surface area contributed by atoms with Crippen molar-refractivity contribution in [3.05, 3.63) is 40.2 Å². The number of guanidine groups is 1. The standard InChI is InChI=1S/C20H30N6O2S/c1-3-21-20(23-9-8-22-19(27)18-15(2)25-14-29-18)24-13-16(17-7-6-12-28-17)26-10-4-5-11-26/h6-7,12,14,16H,3-5,8-11,13H2,1-2H3,(H,22,27)(H2,21,23,24). The van der Waals surface area contributed by atoms with E-state index in [0.717, 1.165) is 37.0 Å². The van der Waals surface area contributed by atoms with Gasteiger partial charge in [-0.25, -0.2) is 4.98 Å². The zero-order valence-corrected chi connectivity index (χ0v) is 17.9. The van der Waals surface area contributed by atoms with Crippen molar-refractivity contribution in [2.75, 3.05) is 39.3 Å². The van der Waals surface area contributed by atoms with Crippen molar-refractivity contribution in [1.82, 2.24) is 25.8 Å². The molecule has 2 aromatic rings. The number of amides is 1. The number of nitrogens with zero attached hydrogens (tertiary/aromatic N) is 3. The number of rotatable bonds is 9. The molecule has 0 saturated carbocycles. The summed E-state index contributed by atoms with van der Waals surface area (Å²) in [5.41, 5.74) is 2.45. The number of aryl methyl sites for hydroxylation is 1. The van der Waals surface area contributed by atoms with Gasteiger partial charge in [0.15, 0.2) is 5.96 Å². The first-order chi connectivity index (χ1) is 14.2.